The van der Waals surface area contributed by atoms with Crippen LogP contribution in [0.1, 0.15) is 5.56 Å². The molecule has 0 aliphatic carbocycles. The van der Waals surface area contributed by atoms with Gasteiger partial charge in [-0.3, -0.25) is 0 Å². The Hall–Kier alpha value is -3.19. The normalized spacial score (nSPS) is 15.1. The number of piperazine rings is 1. The lowest BCUT2D eigenvalue weighted by Crippen LogP contribution is -3.13. The molecule has 0 atom stereocenters. The maximum absolute atomic E-state index is 11.9. The van der Waals surface area contributed by atoms with Crippen molar-refractivity contribution in [1.29, 1.82) is 0 Å². The van der Waals surface area contributed by atoms with Gasteiger partial charge in [0.15, 0.2) is 11.5 Å². The number of fused-ring (bicyclic) bond motifs is 1. The molecule has 1 aliphatic rings. The molecule has 1 aliphatic heterocycles. The summed E-state index contributed by atoms with van der Waals surface area (Å²) in [5.41, 5.74) is 1.82. The topological polar surface area (TPSA) is 87.6 Å². The van der Waals surface area contributed by atoms with E-state index in [0.717, 1.165) is 37.5 Å². The van der Waals surface area contributed by atoms with E-state index >= 15 is 0 Å². The molecule has 0 unspecified atom stereocenters. The Balaban J connectivity index is 1.49. The van der Waals surface area contributed by atoms with Crippen molar-refractivity contribution >= 4 is 16.7 Å². The van der Waals surface area contributed by atoms with Gasteiger partial charge in [-0.1, -0.05) is 0 Å². The summed E-state index contributed by atoms with van der Waals surface area (Å²) in [5.74, 6) is 0.326. The summed E-state index contributed by atoms with van der Waals surface area (Å²) in [7, 11) is 1.66. The second-order valence-electron chi connectivity index (χ2n) is 7.04. The van der Waals surface area contributed by atoms with Crippen molar-refractivity contribution in [2.24, 2.45) is 0 Å². The molecule has 0 spiro atoms. The highest BCUT2D eigenvalue weighted by Gasteiger charge is 2.22. The number of phenolic OH excluding ortho intramolecular Hbond substituents is 2. The predicted octanol–water partition coefficient (Wildman–Crippen LogP) is 1.12. The molecular weight excluding hydrogens is 360 g/mol. The molecule has 0 amide bonds. The van der Waals surface area contributed by atoms with E-state index in [4.69, 9.17) is 9.15 Å². The molecule has 1 aromatic heterocycles. The van der Waals surface area contributed by atoms with Crippen LogP contribution in [0.15, 0.2) is 51.7 Å². The molecule has 0 bridgehead atoms. The Kier molecular flexibility index (Phi) is 4.83. The predicted molar refractivity (Wildman–Crippen MR) is 105 cm³/mol. The zero-order chi connectivity index (χ0) is 19.7. The molecule has 28 heavy (non-hydrogen) atoms. The Labute approximate surface area is 162 Å². The van der Waals surface area contributed by atoms with Crippen LogP contribution < -0.4 is 20.2 Å². The highest BCUT2D eigenvalue weighted by atomic mass is 16.5. The lowest BCUT2D eigenvalue weighted by atomic mass is 10.1. The number of ether oxygens (including phenoxy) is 1. The summed E-state index contributed by atoms with van der Waals surface area (Å²) in [6, 6.07) is 12.3. The van der Waals surface area contributed by atoms with Crippen LogP contribution >= 0.6 is 0 Å². The summed E-state index contributed by atoms with van der Waals surface area (Å²) < 4.78 is 10.4. The molecule has 4 rings (SSSR count). The van der Waals surface area contributed by atoms with Crippen LogP contribution in [0.25, 0.3) is 11.0 Å². The number of nitrogens with zero attached hydrogens (tertiary/aromatic N) is 1. The van der Waals surface area contributed by atoms with Crippen molar-refractivity contribution in [3.8, 4) is 17.2 Å². The Morgan fingerprint density at radius 1 is 1.07 bits per heavy atom. The van der Waals surface area contributed by atoms with E-state index in [1.54, 1.807) is 7.11 Å². The summed E-state index contributed by atoms with van der Waals surface area (Å²) in [6.45, 7) is 4.33. The number of hydrogen-bond acceptors (Lipinski definition) is 6. The molecule has 146 valence electrons. The van der Waals surface area contributed by atoms with Gasteiger partial charge in [0.1, 0.15) is 17.9 Å². The molecule has 7 heteroatoms. The number of quaternary nitrogens is 1. The monoisotopic (exact) mass is 383 g/mol. The number of hydrogen-bond donors (Lipinski definition) is 3. The quantitative estimate of drug-likeness (QED) is 0.462. The minimum absolute atomic E-state index is 0.220. The first kappa shape index (κ1) is 18.2. The van der Waals surface area contributed by atoms with Gasteiger partial charge in [0.25, 0.3) is 0 Å². The fourth-order valence-electron chi connectivity index (χ4n) is 3.72. The average molecular weight is 383 g/mol. The van der Waals surface area contributed by atoms with E-state index in [1.165, 1.54) is 28.8 Å². The number of nitrogens with one attached hydrogen (secondary N) is 1. The second-order valence-corrected chi connectivity index (χ2v) is 7.04. The fourth-order valence-corrected chi connectivity index (χ4v) is 3.72. The summed E-state index contributed by atoms with van der Waals surface area (Å²) in [4.78, 5) is 15.6. The Morgan fingerprint density at radius 3 is 2.43 bits per heavy atom. The maximum atomic E-state index is 11.9. The van der Waals surface area contributed by atoms with Crippen molar-refractivity contribution in [3.05, 3.63) is 58.4 Å². The van der Waals surface area contributed by atoms with Crippen LogP contribution in [0.3, 0.4) is 0 Å². The molecular formula is C21H23N2O5+. The number of benzene rings is 2. The first-order valence-corrected chi connectivity index (χ1v) is 9.25. The van der Waals surface area contributed by atoms with Crippen LogP contribution in [0.4, 0.5) is 5.69 Å². The summed E-state index contributed by atoms with van der Waals surface area (Å²) in [6.07, 6.45) is 0. The van der Waals surface area contributed by atoms with E-state index in [9.17, 15) is 15.0 Å². The third-order valence-corrected chi connectivity index (χ3v) is 5.27. The number of rotatable bonds is 4. The SMILES string of the molecule is COc1ccc(N2CC[NH+](Cc3cc(=O)oc4cc(O)c(O)cc34)CC2)cc1. The molecule has 1 saturated heterocycles. The van der Waals surface area contributed by atoms with Gasteiger partial charge in [0, 0.05) is 28.8 Å². The third-order valence-electron chi connectivity index (χ3n) is 5.27. The number of phenols is 2. The molecule has 3 aromatic rings. The van der Waals surface area contributed by atoms with E-state index in [1.807, 2.05) is 12.1 Å². The van der Waals surface area contributed by atoms with Crippen molar-refractivity contribution < 1.29 is 24.3 Å². The third kappa shape index (κ3) is 3.61. The van der Waals surface area contributed by atoms with Gasteiger partial charge >= 0.3 is 5.63 Å². The molecule has 2 heterocycles. The molecule has 3 N–H and O–H groups in total. The molecule has 0 saturated carbocycles. The summed E-state index contributed by atoms with van der Waals surface area (Å²) >= 11 is 0. The van der Waals surface area contributed by atoms with Crippen LogP contribution in [0.2, 0.25) is 0 Å². The summed E-state index contributed by atoms with van der Waals surface area (Å²) in [5, 5.41) is 20.1. The van der Waals surface area contributed by atoms with Gasteiger partial charge in [-0.2, -0.15) is 0 Å². The van der Waals surface area contributed by atoms with E-state index in [0.29, 0.717) is 11.9 Å². The largest absolute Gasteiger partial charge is 0.504 e. The van der Waals surface area contributed by atoms with Crippen LogP contribution in [0.5, 0.6) is 17.2 Å². The zero-order valence-electron chi connectivity index (χ0n) is 15.6. The molecule has 7 nitrogen and oxygen atoms in total. The van der Waals surface area contributed by atoms with Gasteiger partial charge in [-0.25, -0.2) is 4.79 Å². The van der Waals surface area contributed by atoms with Gasteiger partial charge in [0.2, 0.25) is 0 Å². The first-order chi connectivity index (χ1) is 13.5. The lowest BCUT2D eigenvalue weighted by molar-refractivity contribution is -0.914. The van der Waals surface area contributed by atoms with Gasteiger partial charge in [0.05, 0.1) is 33.3 Å². The first-order valence-electron chi connectivity index (χ1n) is 9.25. The standard InChI is InChI=1S/C21H22N2O5/c1-27-16-4-2-15(3-5-16)23-8-6-22(7-9-23)13-14-10-21(26)28-20-12-19(25)18(24)11-17(14)20/h2-5,10-12,24-25H,6-9,13H2,1H3/p+1. The van der Waals surface area contributed by atoms with Crippen molar-refractivity contribution in [2.75, 3.05) is 38.2 Å². The average Bonchev–Trinajstić information content (AvgIpc) is 2.70. The number of methoxy groups -OCH3 is 1. The molecule has 1 fully saturated rings. The van der Waals surface area contributed by atoms with Gasteiger partial charge in [-0.15, -0.1) is 0 Å². The van der Waals surface area contributed by atoms with Crippen molar-refractivity contribution in [2.45, 2.75) is 6.54 Å². The highest BCUT2D eigenvalue weighted by Crippen LogP contribution is 2.31. The number of anilines is 1. The Morgan fingerprint density at radius 2 is 1.75 bits per heavy atom. The zero-order valence-corrected chi connectivity index (χ0v) is 15.6. The van der Waals surface area contributed by atoms with Gasteiger partial charge in [-0.05, 0) is 30.3 Å². The van der Waals surface area contributed by atoms with E-state index in [-0.39, 0.29) is 17.1 Å². The van der Waals surface area contributed by atoms with Crippen molar-refractivity contribution in [3.63, 3.8) is 0 Å². The smallest absolute Gasteiger partial charge is 0.336 e. The highest BCUT2D eigenvalue weighted by molar-refractivity contribution is 5.83. The number of aromatic hydroxyl groups is 2. The molecule has 0 radical (unpaired) electrons. The van der Waals surface area contributed by atoms with Crippen molar-refractivity contribution in [1.82, 2.24) is 0 Å². The van der Waals surface area contributed by atoms with E-state index in [2.05, 4.69) is 17.0 Å². The lowest BCUT2D eigenvalue weighted by Gasteiger charge is -2.33. The minimum atomic E-state index is -0.455. The fraction of sp³-hybridized carbons (Fsp3) is 0.286. The van der Waals surface area contributed by atoms with Crippen LogP contribution in [-0.2, 0) is 6.54 Å². The van der Waals surface area contributed by atoms with Gasteiger partial charge < -0.3 is 29.2 Å². The van der Waals surface area contributed by atoms with Crippen LogP contribution in [0, 0.1) is 0 Å². The minimum Gasteiger partial charge on any atom is -0.504 e. The second kappa shape index (κ2) is 7.44. The maximum Gasteiger partial charge on any atom is 0.336 e. The molecule has 2 aromatic carbocycles. The van der Waals surface area contributed by atoms with E-state index < -0.39 is 5.63 Å². The Bertz CT molecular complexity index is 1040. The van der Waals surface area contributed by atoms with Crippen LogP contribution in [-0.4, -0.2) is 43.5 Å².